The lowest BCUT2D eigenvalue weighted by Gasteiger charge is -2.19. The van der Waals surface area contributed by atoms with Crippen LogP contribution in [0.15, 0.2) is 10.7 Å². The largest absolute Gasteiger partial charge is 0.314 e. The first-order chi connectivity index (χ1) is 7.56. The van der Waals surface area contributed by atoms with Gasteiger partial charge in [-0.05, 0) is 42.2 Å². The summed E-state index contributed by atoms with van der Waals surface area (Å²) in [5.41, 5.74) is 1.28. The molecule has 0 amide bonds. The Balaban J connectivity index is 2.55. The normalized spacial score (nSPS) is 15.1. The van der Waals surface area contributed by atoms with E-state index in [0.717, 1.165) is 17.4 Å². The fraction of sp³-hybridized carbons (Fsp3) is 0.750. The SMILES string of the molecule is CCCNC(C)CC(C)c1c(Br)cnn1C. The van der Waals surface area contributed by atoms with Crippen LogP contribution in [0.5, 0.6) is 0 Å². The molecule has 0 spiro atoms. The van der Waals surface area contributed by atoms with Crippen molar-refractivity contribution in [3.63, 3.8) is 0 Å². The summed E-state index contributed by atoms with van der Waals surface area (Å²) in [6.45, 7) is 7.80. The van der Waals surface area contributed by atoms with E-state index in [9.17, 15) is 0 Å². The van der Waals surface area contributed by atoms with Crippen LogP contribution in [-0.4, -0.2) is 22.4 Å². The fourth-order valence-electron chi connectivity index (χ4n) is 2.09. The molecule has 0 bridgehead atoms. The van der Waals surface area contributed by atoms with Gasteiger partial charge in [-0.25, -0.2) is 0 Å². The molecule has 4 heteroatoms. The second kappa shape index (κ2) is 6.40. The summed E-state index contributed by atoms with van der Waals surface area (Å²) in [7, 11) is 2.00. The monoisotopic (exact) mass is 287 g/mol. The van der Waals surface area contributed by atoms with E-state index in [1.807, 2.05) is 17.9 Å². The Morgan fingerprint density at radius 1 is 1.50 bits per heavy atom. The molecular formula is C12H22BrN3. The third-order valence-corrected chi connectivity index (χ3v) is 3.47. The van der Waals surface area contributed by atoms with Gasteiger partial charge in [0.15, 0.2) is 0 Å². The van der Waals surface area contributed by atoms with Gasteiger partial charge in [-0.15, -0.1) is 0 Å². The fourth-order valence-corrected chi connectivity index (χ4v) is 2.83. The van der Waals surface area contributed by atoms with Crippen molar-refractivity contribution in [1.29, 1.82) is 0 Å². The van der Waals surface area contributed by atoms with Gasteiger partial charge in [0.25, 0.3) is 0 Å². The summed E-state index contributed by atoms with van der Waals surface area (Å²) in [5.74, 6) is 0.515. The van der Waals surface area contributed by atoms with Crippen LogP contribution < -0.4 is 5.32 Å². The quantitative estimate of drug-likeness (QED) is 0.872. The van der Waals surface area contributed by atoms with Crippen LogP contribution in [0.3, 0.4) is 0 Å². The van der Waals surface area contributed by atoms with Crippen molar-refractivity contribution in [3.8, 4) is 0 Å². The van der Waals surface area contributed by atoms with Gasteiger partial charge in [-0.2, -0.15) is 5.10 Å². The second-order valence-corrected chi connectivity index (χ2v) is 5.35. The average molecular weight is 288 g/mol. The van der Waals surface area contributed by atoms with Gasteiger partial charge >= 0.3 is 0 Å². The summed E-state index contributed by atoms with van der Waals surface area (Å²) in [4.78, 5) is 0. The minimum atomic E-state index is 0.515. The molecule has 0 radical (unpaired) electrons. The molecule has 16 heavy (non-hydrogen) atoms. The standard InChI is InChI=1S/C12H22BrN3/c1-5-6-14-10(3)7-9(2)12-11(13)8-15-16(12)4/h8-10,14H,5-7H2,1-4H3. The molecule has 1 heterocycles. The predicted molar refractivity (Wildman–Crippen MR) is 71.7 cm³/mol. The molecule has 0 saturated heterocycles. The van der Waals surface area contributed by atoms with E-state index in [0.29, 0.717) is 12.0 Å². The Bertz CT molecular complexity index is 303. The maximum atomic E-state index is 4.26. The molecule has 1 N–H and O–H groups in total. The summed E-state index contributed by atoms with van der Waals surface area (Å²) in [6.07, 6.45) is 4.20. The number of nitrogens with zero attached hydrogens (tertiary/aromatic N) is 2. The van der Waals surface area contributed by atoms with Gasteiger partial charge in [-0.3, -0.25) is 4.68 Å². The molecule has 2 unspecified atom stereocenters. The highest BCUT2D eigenvalue weighted by atomic mass is 79.9. The third-order valence-electron chi connectivity index (χ3n) is 2.85. The number of aromatic nitrogens is 2. The number of halogens is 1. The summed E-state index contributed by atoms with van der Waals surface area (Å²) in [6, 6.07) is 0.553. The molecular weight excluding hydrogens is 266 g/mol. The van der Waals surface area contributed by atoms with Crippen LogP contribution in [0.25, 0.3) is 0 Å². The Kier molecular flexibility index (Phi) is 5.49. The molecule has 1 aromatic heterocycles. The highest BCUT2D eigenvalue weighted by Gasteiger charge is 2.16. The molecule has 1 rings (SSSR count). The van der Waals surface area contributed by atoms with Crippen molar-refractivity contribution < 1.29 is 0 Å². The lowest BCUT2D eigenvalue weighted by atomic mass is 9.99. The second-order valence-electron chi connectivity index (χ2n) is 4.49. The number of hydrogen-bond donors (Lipinski definition) is 1. The van der Waals surface area contributed by atoms with Crippen molar-refractivity contribution >= 4 is 15.9 Å². The first kappa shape index (κ1) is 13.7. The number of nitrogens with one attached hydrogen (secondary N) is 1. The number of hydrogen-bond acceptors (Lipinski definition) is 2. The lowest BCUT2D eigenvalue weighted by Crippen LogP contribution is -2.28. The van der Waals surface area contributed by atoms with Crippen LogP contribution in [-0.2, 0) is 7.05 Å². The molecule has 0 aliphatic heterocycles. The molecule has 0 fully saturated rings. The molecule has 0 aliphatic rings. The van der Waals surface area contributed by atoms with Crippen LogP contribution in [0.1, 0.15) is 45.2 Å². The van der Waals surface area contributed by atoms with Crippen molar-refractivity contribution in [2.24, 2.45) is 7.05 Å². The van der Waals surface area contributed by atoms with Crippen LogP contribution >= 0.6 is 15.9 Å². The van der Waals surface area contributed by atoms with E-state index in [-0.39, 0.29) is 0 Å². The van der Waals surface area contributed by atoms with Crippen LogP contribution in [0, 0.1) is 0 Å². The third kappa shape index (κ3) is 3.59. The maximum absolute atomic E-state index is 4.26. The molecule has 92 valence electrons. The molecule has 0 aromatic carbocycles. The summed E-state index contributed by atoms with van der Waals surface area (Å²) < 4.78 is 3.08. The van der Waals surface area contributed by atoms with Gasteiger partial charge in [-0.1, -0.05) is 13.8 Å². The highest BCUT2D eigenvalue weighted by Crippen LogP contribution is 2.27. The Morgan fingerprint density at radius 3 is 2.69 bits per heavy atom. The molecule has 3 nitrogen and oxygen atoms in total. The van der Waals surface area contributed by atoms with Gasteiger partial charge < -0.3 is 5.32 Å². The van der Waals surface area contributed by atoms with Gasteiger partial charge in [0.2, 0.25) is 0 Å². The Hall–Kier alpha value is -0.350. The van der Waals surface area contributed by atoms with Crippen molar-refractivity contribution in [2.45, 2.75) is 45.6 Å². The Labute approximate surface area is 107 Å². The van der Waals surface area contributed by atoms with Gasteiger partial charge in [0.1, 0.15) is 0 Å². The van der Waals surface area contributed by atoms with E-state index in [1.165, 1.54) is 12.1 Å². The number of aryl methyl sites for hydroxylation is 1. The molecule has 0 aliphatic carbocycles. The predicted octanol–water partition coefficient (Wildman–Crippen LogP) is 3.06. The van der Waals surface area contributed by atoms with Crippen molar-refractivity contribution in [3.05, 3.63) is 16.4 Å². The molecule has 2 atom stereocenters. The van der Waals surface area contributed by atoms with E-state index in [2.05, 4.69) is 47.1 Å². The average Bonchev–Trinajstić information content (AvgIpc) is 2.55. The number of rotatable bonds is 6. The molecule has 1 aromatic rings. The Morgan fingerprint density at radius 2 is 2.19 bits per heavy atom. The minimum Gasteiger partial charge on any atom is -0.314 e. The van der Waals surface area contributed by atoms with Gasteiger partial charge in [0.05, 0.1) is 16.4 Å². The van der Waals surface area contributed by atoms with E-state index < -0.39 is 0 Å². The maximum Gasteiger partial charge on any atom is 0.0635 e. The van der Waals surface area contributed by atoms with Gasteiger partial charge in [0, 0.05) is 19.0 Å². The first-order valence-electron chi connectivity index (χ1n) is 5.97. The zero-order valence-corrected chi connectivity index (χ0v) is 12.2. The lowest BCUT2D eigenvalue weighted by molar-refractivity contribution is 0.465. The van der Waals surface area contributed by atoms with E-state index >= 15 is 0 Å². The highest BCUT2D eigenvalue weighted by molar-refractivity contribution is 9.10. The molecule has 0 saturated carbocycles. The summed E-state index contributed by atoms with van der Waals surface area (Å²) >= 11 is 3.56. The van der Waals surface area contributed by atoms with Crippen LogP contribution in [0.2, 0.25) is 0 Å². The zero-order valence-electron chi connectivity index (χ0n) is 10.6. The smallest absolute Gasteiger partial charge is 0.0635 e. The first-order valence-corrected chi connectivity index (χ1v) is 6.76. The summed E-state index contributed by atoms with van der Waals surface area (Å²) in [5, 5.41) is 7.78. The topological polar surface area (TPSA) is 29.9 Å². The zero-order chi connectivity index (χ0) is 12.1. The van der Waals surface area contributed by atoms with Crippen molar-refractivity contribution in [2.75, 3.05) is 6.54 Å². The minimum absolute atomic E-state index is 0.515. The van der Waals surface area contributed by atoms with E-state index in [1.54, 1.807) is 0 Å². The van der Waals surface area contributed by atoms with E-state index in [4.69, 9.17) is 0 Å². The van der Waals surface area contributed by atoms with Crippen LogP contribution in [0.4, 0.5) is 0 Å². The van der Waals surface area contributed by atoms with Crippen molar-refractivity contribution in [1.82, 2.24) is 15.1 Å².